The fourth-order valence-corrected chi connectivity index (χ4v) is 2.17. The molecule has 0 atom stereocenters. The maximum Gasteiger partial charge on any atom is 0.251 e. The van der Waals surface area contributed by atoms with Crippen LogP contribution >= 0.6 is 0 Å². The Morgan fingerprint density at radius 1 is 1.30 bits per heavy atom. The smallest absolute Gasteiger partial charge is 0.251 e. The van der Waals surface area contributed by atoms with Gasteiger partial charge in [0, 0.05) is 25.1 Å². The Hall–Kier alpha value is -1.94. The molecule has 0 aliphatic heterocycles. The second kappa shape index (κ2) is 5.59. The van der Waals surface area contributed by atoms with Gasteiger partial charge >= 0.3 is 0 Å². The van der Waals surface area contributed by atoms with E-state index in [1.807, 2.05) is 0 Å². The van der Waals surface area contributed by atoms with Crippen LogP contribution in [-0.2, 0) is 13.0 Å². The van der Waals surface area contributed by atoms with E-state index >= 15 is 0 Å². The van der Waals surface area contributed by atoms with Crippen LogP contribution in [0, 0.1) is 6.92 Å². The number of aromatic amines is 1. The highest BCUT2D eigenvalue weighted by molar-refractivity contribution is 5.24. The molecule has 2 aromatic rings. The molecule has 2 N–H and O–H groups in total. The van der Waals surface area contributed by atoms with Gasteiger partial charge in [-0.1, -0.05) is 29.8 Å². The van der Waals surface area contributed by atoms with Gasteiger partial charge in [-0.25, -0.2) is 4.98 Å². The van der Waals surface area contributed by atoms with Gasteiger partial charge in [0.05, 0.1) is 5.69 Å². The number of hydrogen-bond acceptors (Lipinski definition) is 3. The highest BCUT2D eigenvalue weighted by Crippen LogP contribution is 2.18. The maximum atomic E-state index is 11.7. The fraction of sp³-hybridized carbons (Fsp3) is 0.375. The first-order chi connectivity index (χ1) is 9.69. The molecule has 1 fully saturated rings. The lowest BCUT2D eigenvalue weighted by atomic mass is 10.1. The van der Waals surface area contributed by atoms with Crippen LogP contribution in [0.4, 0.5) is 0 Å². The zero-order valence-corrected chi connectivity index (χ0v) is 11.6. The lowest BCUT2D eigenvalue weighted by Crippen LogP contribution is -2.20. The molecule has 3 rings (SSSR count). The van der Waals surface area contributed by atoms with Crippen molar-refractivity contribution >= 4 is 0 Å². The number of hydrogen-bond donors (Lipinski definition) is 2. The first kappa shape index (κ1) is 13.1. The van der Waals surface area contributed by atoms with Crippen LogP contribution in [0.25, 0.3) is 0 Å². The summed E-state index contributed by atoms with van der Waals surface area (Å²) >= 11 is 0. The zero-order valence-electron chi connectivity index (χ0n) is 11.6. The summed E-state index contributed by atoms with van der Waals surface area (Å²) in [5, 5.41) is 3.38. The lowest BCUT2D eigenvalue weighted by molar-refractivity contribution is 0.667. The summed E-state index contributed by atoms with van der Waals surface area (Å²) < 4.78 is 0. The Morgan fingerprint density at radius 3 is 2.75 bits per heavy atom. The zero-order chi connectivity index (χ0) is 13.9. The summed E-state index contributed by atoms with van der Waals surface area (Å²) in [6.45, 7) is 2.74. The van der Waals surface area contributed by atoms with Gasteiger partial charge in [0.2, 0.25) is 0 Å². The van der Waals surface area contributed by atoms with Gasteiger partial charge < -0.3 is 10.3 Å². The quantitative estimate of drug-likeness (QED) is 0.872. The van der Waals surface area contributed by atoms with Crippen molar-refractivity contribution in [2.75, 3.05) is 0 Å². The Balaban J connectivity index is 1.74. The summed E-state index contributed by atoms with van der Waals surface area (Å²) in [6, 6.07) is 10.5. The predicted molar refractivity (Wildman–Crippen MR) is 78.7 cm³/mol. The van der Waals surface area contributed by atoms with Crippen molar-refractivity contribution < 1.29 is 0 Å². The minimum absolute atomic E-state index is 0.0743. The van der Waals surface area contributed by atoms with Gasteiger partial charge in [0.1, 0.15) is 5.82 Å². The minimum atomic E-state index is -0.0743. The molecule has 1 aromatic carbocycles. The molecular weight excluding hydrogens is 250 g/mol. The molecule has 1 aromatic heterocycles. The summed E-state index contributed by atoms with van der Waals surface area (Å²) in [4.78, 5) is 19.0. The largest absolute Gasteiger partial charge is 0.310 e. The Bertz CT molecular complexity index is 642. The van der Waals surface area contributed by atoms with E-state index in [1.165, 1.54) is 18.4 Å². The molecule has 0 radical (unpaired) electrons. The molecule has 1 aliphatic rings. The number of aromatic nitrogens is 2. The molecule has 104 valence electrons. The number of H-pyrrole nitrogens is 1. The second-order valence-electron chi connectivity index (χ2n) is 5.50. The van der Waals surface area contributed by atoms with Gasteiger partial charge in [-0.15, -0.1) is 0 Å². The monoisotopic (exact) mass is 269 g/mol. The highest BCUT2D eigenvalue weighted by Gasteiger charge is 2.20. The molecule has 0 bridgehead atoms. The van der Waals surface area contributed by atoms with Gasteiger partial charge in [-0.05, 0) is 25.3 Å². The lowest BCUT2D eigenvalue weighted by Gasteiger charge is -2.06. The van der Waals surface area contributed by atoms with Gasteiger partial charge in [-0.2, -0.15) is 0 Å². The van der Waals surface area contributed by atoms with Crippen molar-refractivity contribution in [1.82, 2.24) is 15.3 Å². The van der Waals surface area contributed by atoms with Crippen molar-refractivity contribution in [2.45, 2.75) is 38.8 Å². The van der Waals surface area contributed by atoms with Crippen molar-refractivity contribution in [2.24, 2.45) is 0 Å². The van der Waals surface area contributed by atoms with Gasteiger partial charge in [-0.3, -0.25) is 4.79 Å². The summed E-state index contributed by atoms with van der Waals surface area (Å²) in [5.41, 5.74) is 3.14. The van der Waals surface area contributed by atoms with E-state index in [-0.39, 0.29) is 5.56 Å². The van der Waals surface area contributed by atoms with Crippen molar-refractivity contribution in [3.05, 3.63) is 63.3 Å². The van der Waals surface area contributed by atoms with Crippen LogP contribution in [-0.4, -0.2) is 16.0 Å². The summed E-state index contributed by atoms with van der Waals surface area (Å²) in [5.74, 6) is 0.731. The van der Waals surface area contributed by atoms with E-state index in [4.69, 9.17) is 0 Å². The Morgan fingerprint density at radius 2 is 2.05 bits per heavy atom. The van der Waals surface area contributed by atoms with Gasteiger partial charge in [0.15, 0.2) is 0 Å². The Kier molecular flexibility index (Phi) is 3.65. The first-order valence-corrected chi connectivity index (χ1v) is 7.07. The van der Waals surface area contributed by atoms with E-state index in [0.29, 0.717) is 19.0 Å². The number of benzene rings is 1. The van der Waals surface area contributed by atoms with Crippen LogP contribution < -0.4 is 10.9 Å². The van der Waals surface area contributed by atoms with Crippen LogP contribution in [0.5, 0.6) is 0 Å². The van der Waals surface area contributed by atoms with Crippen LogP contribution in [0.2, 0.25) is 0 Å². The second-order valence-corrected chi connectivity index (χ2v) is 5.50. The molecule has 0 spiro atoms. The van der Waals surface area contributed by atoms with E-state index in [1.54, 1.807) is 6.07 Å². The third-order valence-electron chi connectivity index (χ3n) is 3.49. The van der Waals surface area contributed by atoms with Crippen molar-refractivity contribution in [3.8, 4) is 0 Å². The number of nitrogens with one attached hydrogen (secondary N) is 2. The standard InChI is InChI=1S/C16H19N3O/c1-11-2-4-12(5-3-11)8-15-18-14(9-16(20)19-15)10-17-13-6-7-13/h2-5,9,13,17H,6-8,10H2,1H3,(H,18,19,20). The average Bonchev–Trinajstić information content (AvgIpc) is 3.23. The Labute approximate surface area is 118 Å². The molecule has 4 nitrogen and oxygen atoms in total. The molecule has 0 unspecified atom stereocenters. The van der Waals surface area contributed by atoms with E-state index in [9.17, 15) is 4.79 Å². The average molecular weight is 269 g/mol. The predicted octanol–water partition coefficient (Wildman–Crippen LogP) is 1.92. The number of aryl methyl sites for hydroxylation is 1. The molecule has 1 saturated carbocycles. The van der Waals surface area contributed by atoms with Crippen LogP contribution in [0.1, 0.15) is 35.5 Å². The van der Waals surface area contributed by atoms with Crippen molar-refractivity contribution in [3.63, 3.8) is 0 Å². The maximum absolute atomic E-state index is 11.7. The molecule has 0 saturated heterocycles. The molecule has 1 aliphatic carbocycles. The number of nitrogens with zero attached hydrogens (tertiary/aromatic N) is 1. The van der Waals surface area contributed by atoms with E-state index in [2.05, 4.69) is 46.5 Å². The third kappa shape index (κ3) is 3.54. The molecule has 4 heteroatoms. The van der Waals surface area contributed by atoms with Crippen LogP contribution in [0.3, 0.4) is 0 Å². The molecular formula is C16H19N3O. The summed E-state index contributed by atoms with van der Waals surface area (Å²) in [7, 11) is 0. The molecule has 1 heterocycles. The number of rotatable bonds is 5. The van der Waals surface area contributed by atoms with Gasteiger partial charge in [0.25, 0.3) is 5.56 Å². The van der Waals surface area contributed by atoms with Crippen molar-refractivity contribution in [1.29, 1.82) is 0 Å². The van der Waals surface area contributed by atoms with Crippen LogP contribution in [0.15, 0.2) is 35.1 Å². The molecule has 0 amide bonds. The fourth-order valence-electron chi connectivity index (χ4n) is 2.17. The SMILES string of the molecule is Cc1ccc(Cc2nc(CNC3CC3)cc(=O)[nH]2)cc1. The van der Waals surface area contributed by atoms with E-state index in [0.717, 1.165) is 17.1 Å². The normalized spacial score (nSPS) is 14.4. The highest BCUT2D eigenvalue weighted by atomic mass is 16.1. The summed E-state index contributed by atoms with van der Waals surface area (Å²) in [6.07, 6.45) is 3.13. The molecule has 20 heavy (non-hydrogen) atoms. The minimum Gasteiger partial charge on any atom is -0.310 e. The first-order valence-electron chi connectivity index (χ1n) is 7.07. The topological polar surface area (TPSA) is 57.8 Å². The van der Waals surface area contributed by atoms with E-state index < -0.39 is 0 Å². The third-order valence-corrected chi connectivity index (χ3v) is 3.49.